The number of carboxylic acid groups (broad SMARTS) is 1. The lowest BCUT2D eigenvalue weighted by atomic mass is 10.0. The molecule has 2 aliphatic rings. The number of rotatable bonds is 7. The van der Waals surface area contributed by atoms with E-state index in [9.17, 15) is 19.5 Å². The molecule has 2 aromatic carbocycles. The van der Waals surface area contributed by atoms with Gasteiger partial charge in [0.15, 0.2) is 0 Å². The van der Waals surface area contributed by atoms with Crippen molar-refractivity contribution in [3.05, 3.63) is 68.7 Å². The summed E-state index contributed by atoms with van der Waals surface area (Å²) in [6.45, 7) is 0. The van der Waals surface area contributed by atoms with Gasteiger partial charge in [-0.15, -0.1) is 11.8 Å². The largest absolute Gasteiger partial charge is 0.497 e. The number of hydrogen-bond acceptors (Lipinski definition) is 6. The van der Waals surface area contributed by atoms with Gasteiger partial charge in [0.1, 0.15) is 22.9 Å². The zero-order valence-corrected chi connectivity index (χ0v) is 20.4. The van der Waals surface area contributed by atoms with Gasteiger partial charge in [0, 0.05) is 20.6 Å². The van der Waals surface area contributed by atoms with E-state index in [2.05, 4.69) is 5.32 Å². The third-order valence-corrected chi connectivity index (χ3v) is 8.38. The summed E-state index contributed by atoms with van der Waals surface area (Å²) in [5.41, 5.74) is 0.682. The first-order valence-electron chi connectivity index (χ1n) is 9.75. The topological polar surface area (TPSA) is 95.9 Å². The minimum absolute atomic E-state index is 0.0922. The first kappa shape index (κ1) is 23.8. The fraction of sp³-hybridized carbons (Fsp3) is 0.227. The normalized spacial score (nSPS) is 19.6. The number of fused-ring (bicyclic) bond motifs is 1. The Morgan fingerprint density at radius 2 is 1.97 bits per heavy atom. The summed E-state index contributed by atoms with van der Waals surface area (Å²) in [5.74, 6) is -0.942. The number of nitrogens with zero attached hydrogens (tertiary/aromatic N) is 1. The first-order chi connectivity index (χ1) is 15.8. The van der Waals surface area contributed by atoms with Gasteiger partial charge in [0.2, 0.25) is 5.91 Å². The zero-order chi connectivity index (χ0) is 23.7. The van der Waals surface area contributed by atoms with Crippen molar-refractivity contribution in [2.75, 3.05) is 12.9 Å². The molecule has 0 spiro atoms. The molecule has 2 N–H and O–H groups in total. The maximum Gasteiger partial charge on any atom is 0.353 e. The Labute approximate surface area is 208 Å². The lowest BCUT2D eigenvalue weighted by Gasteiger charge is -2.49. The van der Waals surface area contributed by atoms with E-state index in [-0.39, 0.29) is 18.0 Å². The van der Waals surface area contributed by atoms with Crippen molar-refractivity contribution >= 4 is 64.5 Å². The molecule has 0 radical (unpaired) electrons. The van der Waals surface area contributed by atoms with Crippen LogP contribution in [0.4, 0.5) is 0 Å². The van der Waals surface area contributed by atoms with Crippen LogP contribution >= 0.6 is 46.7 Å². The molecule has 1 saturated heterocycles. The third-order valence-electron chi connectivity index (χ3n) is 5.10. The quantitative estimate of drug-likeness (QED) is 0.527. The van der Waals surface area contributed by atoms with Crippen LogP contribution in [0.25, 0.3) is 0 Å². The average Bonchev–Trinajstić information content (AvgIpc) is 2.79. The number of amides is 2. The number of carboxylic acids is 1. The van der Waals surface area contributed by atoms with E-state index >= 15 is 0 Å². The Bertz CT molecular complexity index is 1160. The fourth-order valence-electron chi connectivity index (χ4n) is 3.51. The van der Waals surface area contributed by atoms with Crippen LogP contribution in [-0.4, -0.2) is 52.1 Å². The summed E-state index contributed by atoms with van der Waals surface area (Å²) < 4.78 is 5.10. The van der Waals surface area contributed by atoms with Gasteiger partial charge in [0.25, 0.3) is 5.91 Å². The van der Waals surface area contributed by atoms with Crippen LogP contribution in [0.15, 0.2) is 58.0 Å². The first-order valence-corrected chi connectivity index (χ1v) is 12.4. The summed E-state index contributed by atoms with van der Waals surface area (Å²) in [7, 11) is 1.56. The smallest absolute Gasteiger partial charge is 0.353 e. The minimum Gasteiger partial charge on any atom is -0.497 e. The number of aliphatic carboxylic acids is 1. The summed E-state index contributed by atoms with van der Waals surface area (Å²) in [6, 6.07) is 11.2. The van der Waals surface area contributed by atoms with E-state index < -0.39 is 23.3 Å². The van der Waals surface area contributed by atoms with Crippen LogP contribution in [0.1, 0.15) is 5.56 Å². The molecule has 2 heterocycles. The molecule has 0 aliphatic carbocycles. The third kappa shape index (κ3) is 4.96. The highest BCUT2D eigenvalue weighted by Crippen LogP contribution is 2.46. The number of hydrogen-bond donors (Lipinski definition) is 2. The van der Waals surface area contributed by atoms with Gasteiger partial charge in [-0.3, -0.25) is 14.5 Å². The second-order valence-corrected chi connectivity index (χ2v) is 10.3. The Morgan fingerprint density at radius 3 is 2.64 bits per heavy atom. The minimum atomic E-state index is -1.21. The maximum absolute atomic E-state index is 12.8. The summed E-state index contributed by atoms with van der Waals surface area (Å²) >= 11 is 14.8. The molecule has 33 heavy (non-hydrogen) atoms. The fourth-order valence-corrected chi connectivity index (χ4v) is 6.51. The molecule has 1 fully saturated rings. The highest BCUT2D eigenvalue weighted by atomic mass is 35.5. The standard InChI is InChI=1S/C22H18Cl2N2O5S2/c1-31-13-5-2-11(3-6-13)8-17(27)25-18-20(28)26-19(22(29)30)16(10-32-21(18)26)33-15-9-12(23)4-7-14(15)24/h2-7,9,18,21H,8,10H2,1H3,(H,25,27)(H,29,30)/t18-,21+/m1/s1. The maximum atomic E-state index is 12.8. The van der Waals surface area contributed by atoms with Gasteiger partial charge in [-0.25, -0.2) is 4.79 Å². The molecule has 0 saturated carbocycles. The summed E-state index contributed by atoms with van der Waals surface area (Å²) in [6.07, 6.45) is 0.0984. The van der Waals surface area contributed by atoms with E-state index in [0.717, 1.165) is 5.56 Å². The molecule has 172 valence electrons. The summed E-state index contributed by atoms with van der Waals surface area (Å²) in [4.78, 5) is 39.7. The molecule has 0 unspecified atom stereocenters. The average molecular weight is 525 g/mol. The van der Waals surface area contributed by atoms with E-state index in [0.29, 0.717) is 31.3 Å². The Hall–Kier alpha value is -2.33. The molecular weight excluding hydrogens is 507 g/mol. The molecule has 2 amide bonds. The van der Waals surface area contributed by atoms with Crippen molar-refractivity contribution in [3.8, 4) is 5.75 Å². The van der Waals surface area contributed by atoms with E-state index in [1.807, 2.05) is 0 Å². The molecule has 11 heteroatoms. The highest BCUT2D eigenvalue weighted by Gasteiger charge is 2.54. The van der Waals surface area contributed by atoms with Crippen LogP contribution in [0, 0.1) is 0 Å². The number of carbonyl (C=O) groups excluding carboxylic acids is 2. The van der Waals surface area contributed by atoms with E-state index in [4.69, 9.17) is 27.9 Å². The monoisotopic (exact) mass is 524 g/mol. The number of methoxy groups -OCH3 is 1. The number of β-lactam (4-membered cyclic amide) rings is 1. The molecule has 0 aromatic heterocycles. The van der Waals surface area contributed by atoms with Gasteiger partial charge in [-0.2, -0.15) is 0 Å². The number of thioether (sulfide) groups is 2. The zero-order valence-electron chi connectivity index (χ0n) is 17.2. The van der Waals surface area contributed by atoms with Crippen molar-refractivity contribution in [3.63, 3.8) is 0 Å². The van der Waals surface area contributed by atoms with Crippen LogP contribution in [0.5, 0.6) is 5.75 Å². The molecular formula is C22H18Cl2N2O5S2. The Morgan fingerprint density at radius 1 is 1.24 bits per heavy atom. The van der Waals surface area contributed by atoms with Gasteiger partial charge < -0.3 is 15.2 Å². The van der Waals surface area contributed by atoms with Crippen LogP contribution in [0.3, 0.4) is 0 Å². The predicted molar refractivity (Wildman–Crippen MR) is 129 cm³/mol. The van der Waals surface area contributed by atoms with E-state index in [1.54, 1.807) is 49.6 Å². The van der Waals surface area contributed by atoms with Crippen molar-refractivity contribution in [1.29, 1.82) is 0 Å². The lowest BCUT2D eigenvalue weighted by molar-refractivity contribution is -0.150. The molecule has 2 aliphatic heterocycles. The van der Waals surface area contributed by atoms with Gasteiger partial charge >= 0.3 is 5.97 Å². The van der Waals surface area contributed by atoms with Crippen LogP contribution < -0.4 is 10.1 Å². The number of ether oxygens (including phenoxy) is 1. The Kier molecular flexibility index (Phi) is 7.13. The van der Waals surface area contributed by atoms with Gasteiger partial charge in [0.05, 0.1) is 18.6 Å². The SMILES string of the molecule is COc1ccc(CC(=O)N[C@@H]2C(=O)N3C(C(=O)O)=C(Sc4cc(Cl)ccc4Cl)CS[C@@H]23)cc1. The number of carbonyl (C=O) groups is 3. The molecule has 7 nitrogen and oxygen atoms in total. The summed E-state index contributed by atoms with van der Waals surface area (Å²) in [5, 5.41) is 13.0. The van der Waals surface area contributed by atoms with Crippen molar-refractivity contribution in [1.82, 2.24) is 10.2 Å². The number of nitrogens with one attached hydrogen (secondary N) is 1. The predicted octanol–water partition coefficient (Wildman–Crippen LogP) is 4.03. The second-order valence-electron chi connectivity index (χ2n) is 7.23. The molecule has 4 rings (SSSR count). The Balaban J connectivity index is 1.47. The number of halogens is 2. The van der Waals surface area contributed by atoms with Crippen LogP contribution in [-0.2, 0) is 20.8 Å². The van der Waals surface area contributed by atoms with E-state index in [1.165, 1.54) is 28.4 Å². The van der Waals surface area contributed by atoms with Crippen molar-refractivity contribution in [2.45, 2.75) is 22.7 Å². The number of benzene rings is 2. The second kappa shape index (κ2) is 9.89. The molecule has 2 atom stereocenters. The van der Waals surface area contributed by atoms with Gasteiger partial charge in [-0.1, -0.05) is 47.1 Å². The lowest BCUT2D eigenvalue weighted by Crippen LogP contribution is -2.70. The highest BCUT2D eigenvalue weighted by molar-refractivity contribution is 8.06. The molecule has 0 bridgehead atoms. The van der Waals surface area contributed by atoms with Gasteiger partial charge in [-0.05, 0) is 35.9 Å². The van der Waals surface area contributed by atoms with Crippen molar-refractivity contribution in [2.24, 2.45) is 0 Å². The van der Waals surface area contributed by atoms with Crippen molar-refractivity contribution < 1.29 is 24.2 Å². The van der Waals surface area contributed by atoms with Crippen LogP contribution in [0.2, 0.25) is 10.0 Å². The molecule has 2 aromatic rings.